The summed E-state index contributed by atoms with van der Waals surface area (Å²) >= 11 is 0. The van der Waals surface area contributed by atoms with E-state index in [-0.39, 0.29) is 31.5 Å². The Kier molecular flexibility index (Phi) is 5.81. The van der Waals surface area contributed by atoms with Crippen LogP contribution < -0.4 is 15.2 Å². The summed E-state index contributed by atoms with van der Waals surface area (Å²) in [5.41, 5.74) is 5.22. The van der Waals surface area contributed by atoms with Crippen molar-refractivity contribution in [2.24, 2.45) is 5.73 Å². The number of carbonyl (C=O) groups excluding carboxylic acids is 1. The third kappa shape index (κ3) is 5.87. The van der Waals surface area contributed by atoms with Gasteiger partial charge in [-0.1, -0.05) is 0 Å². The van der Waals surface area contributed by atoms with Gasteiger partial charge in [-0.15, -0.1) is 0 Å². The molecular formula is C13H17NO5. The van der Waals surface area contributed by atoms with E-state index in [1.54, 1.807) is 31.2 Å². The molecule has 0 saturated carbocycles. The first-order valence-electron chi connectivity index (χ1n) is 5.84. The number of hydrogen-bond donors (Lipinski definition) is 2. The van der Waals surface area contributed by atoms with Crippen molar-refractivity contribution in [3.05, 3.63) is 24.3 Å². The number of carboxylic acids is 1. The fraction of sp³-hybridized carbons (Fsp3) is 0.385. The molecule has 1 atom stereocenters. The zero-order chi connectivity index (χ0) is 14.3. The highest BCUT2D eigenvalue weighted by Gasteiger charge is 2.09. The van der Waals surface area contributed by atoms with Gasteiger partial charge in [0.2, 0.25) is 0 Å². The van der Waals surface area contributed by atoms with Gasteiger partial charge >= 0.3 is 5.97 Å². The van der Waals surface area contributed by atoms with Crippen molar-refractivity contribution in [1.82, 2.24) is 0 Å². The molecule has 0 fully saturated rings. The maximum Gasteiger partial charge on any atom is 0.341 e. The average molecular weight is 267 g/mol. The Bertz CT molecular complexity index is 429. The largest absolute Gasteiger partial charge is 0.490 e. The lowest BCUT2D eigenvalue weighted by molar-refractivity contribution is -0.139. The van der Waals surface area contributed by atoms with Crippen LogP contribution in [-0.2, 0) is 9.59 Å². The van der Waals surface area contributed by atoms with Gasteiger partial charge in [-0.2, -0.15) is 0 Å². The molecule has 1 rings (SSSR count). The minimum atomic E-state index is -1.03. The van der Waals surface area contributed by atoms with Gasteiger partial charge in [-0.3, -0.25) is 4.79 Å². The Balaban J connectivity index is 2.47. The molecule has 6 heteroatoms. The molecule has 0 aliphatic heterocycles. The molecule has 0 saturated heterocycles. The number of aliphatic carboxylic acids is 1. The van der Waals surface area contributed by atoms with Crippen LogP contribution in [0, 0.1) is 0 Å². The number of Topliss-reactive ketones (excluding diaryl/α,β-unsaturated/α-hetero) is 1. The lowest BCUT2D eigenvalue weighted by atomic mass is 10.2. The molecule has 1 aromatic rings. The second-order valence-corrected chi connectivity index (χ2v) is 4.03. The molecule has 0 aliphatic carbocycles. The van der Waals surface area contributed by atoms with Crippen LogP contribution in [0.5, 0.6) is 11.5 Å². The van der Waals surface area contributed by atoms with Gasteiger partial charge in [0, 0.05) is 6.42 Å². The summed E-state index contributed by atoms with van der Waals surface area (Å²) in [6.45, 7) is 1.40. The van der Waals surface area contributed by atoms with E-state index in [1.165, 1.54) is 0 Å². The van der Waals surface area contributed by atoms with Crippen LogP contribution in [0.1, 0.15) is 13.3 Å². The summed E-state index contributed by atoms with van der Waals surface area (Å²) in [6.07, 6.45) is -0.00448. The van der Waals surface area contributed by atoms with E-state index in [9.17, 15) is 9.59 Å². The Labute approximate surface area is 111 Å². The summed E-state index contributed by atoms with van der Waals surface area (Å²) < 4.78 is 10.5. The van der Waals surface area contributed by atoms with Gasteiger partial charge in [0.1, 0.15) is 23.4 Å². The van der Waals surface area contributed by atoms with Gasteiger partial charge in [0.25, 0.3) is 0 Å². The maximum atomic E-state index is 11.1. The molecule has 104 valence electrons. The standard InChI is InChI=1S/C13H17NO5/c1-9(6-10(15)7-14)19-12-4-2-11(3-5-12)18-8-13(16)17/h2-5,9H,6-8,14H2,1H3,(H,16,17). The molecule has 0 radical (unpaired) electrons. The van der Waals surface area contributed by atoms with E-state index in [4.69, 9.17) is 20.3 Å². The lowest BCUT2D eigenvalue weighted by Crippen LogP contribution is -2.22. The SMILES string of the molecule is CC(CC(=O)CN)Oc1ccc(OCC(=O)O)cc1. The number of carboxylic acid groups (broad SMARTS) is 1. The van der Waals surface area contributed by atoms with Crippen LogP contribution in [-0.4, -0.2) is 36.1 Å². The van der Waals surface area contributed by atoms with Crippen LogP contribution >= 0.6 is 0 Å². The second-order valence-electron chi connectivity index (χ2n) is 4.03. The molecule has 19 heavy (non-hydrogen) atoms. The number of hydrogen-bond acceptors (Lipinski definition) is 5. The van der Waals surface area contributed by atoms with E-state index in [0.717, 1.165) is 0 Å². The first-order chi connectivity index (χ1) is 9.01. The minimum Gasteiger partial charge on any atom is -0.490 e. The van der Waals surface area contributed by atoms with Crippen molar-refractivity contribution in [3.63, 3.8) is 0 Å². The van der Waals surface area contributed by atoms with Gasteiger partial charge in [0.15, 0.2) is 6.61 Å². The van der Waals surface area contributed by atoms with Crippen LogP contribution in [0.15, 0.2) is 24.3 Å². The minimum absolute atomic E-state index is 0.00959. The molecule has 0 aliphatic rings. The van der Waals surface area contributed by atoms with Crippen molar-refractivity contribution in [1.29, 1.82) is 0 Å². The van der Waals surface area contributed by atoms with Crippen molar-refractivity contribution < 1.29 is 24.2 Å². The van der Waals surface area contributed by atoms with Crippen molar-refractivity contribution in [3.8, 4) is 11.5 Å². The molecule has 1 aromatic carbocycles. The predicted octanol–water partition coefficient (Wildman–Crippen LogP) is 0.835. The summed E-state index contributed by atoms with van der Waals surface area (Å²) in [5, 5.41) is 8.46. The van der Waals surface area contributed by atoms with Crippen LogP contribution in [0.25, 0.3) is 0 Å². The molecule has 0 heterocycles. The molecule has 0 amide bonds. The summed E-state index contributed by atoms with van der Waals surface area (Å²) in [4.78, 5) is 21.5. The van der Waals surface area contributed by atoms with Gasteiger partial charge in [0.05, 0.1) is 6.54 Å². The molecular weight excluding hydrogens is 250 g/mol. The quantitative estimate of drug-likeness (QED) is 0.724. The van der Waals surface area contributed by atoms with Crippen molar-refractivity contribution >= 4 is 11.8 Å². The van der Waals surface area contributed by atoms with Gasteiger partial charge in [-0.25, -0.2) is 4.79 Å². The third-order valence-electron chi connectivity index (χ3n) is 2.27. The monoisotopic (exact) mass is 267 g/mol. The summed E-state index contributed by atoms with van der Waals surface area (Å²) in [6, 6.07) is 6.52. The summed E-state index contributed by atoms with van der Waals surface area (Å²) in [5.74, 6) is -0.0661. The zero-order valence-electron chi connectivity index (χ0n) is 10.7. The first-order valence-corrected chi connectivity index (χ1v) is 5.84. The Morgan fingerprint density at radius 1 is 1.26 bits per heavy atom. The van der Waals surface area contributed by atoms with Crippen molar-refractivity contribution in [2.75, 3.05) is 13.2 Å². The highest BCUT2D eigenvalue weighted by Crippen LogP contribution is 2.19. The number of rotatable bonds is 8. The lowest BCUT2D eigenvalue weighted by Gasteiger charge is -2.14. The van der Waals surface area contributed by atoms with Gasteiger partial charge in [-0.05, 0) is 31.2 Å². The Hall–Kier alpha value is -2.08. The molecule has 0 spiro atoms. The van der Waals surface area contributed by atoms with E-state index in [2.05, 4.69) is 0 Å². The summed E-state index contributed by atoms with van der Waals surface area (Å²) in [7, 11) is 0. The maximum absolute atomic E-state index is 11.1. The van der Waals surface area contributed by atoms with E-state index in [0.29, 0.717) is 11.5 Å². The number of carbonyl (C=O) groups is 2. The van der Waals surface area contributed by atoms with E-state index < -0.39 is 5.97 Å². The molecule has 3 N–H and O–H groups in total. The third-order valence-corrected chi connectivity index (χ3v) is 2.27. The van der Waals surface area contributed by atoms with Crippen LogP contribution in [0.3, 0.4) is 0 Å². The average Bonchev–Trinajstić information content (AvgIpc) is 2.37. The second kappa shape index (κ2) is 7.38. The predicted molar refractivity (Wildman–Crippen MR) is 68.3 cm³/mol. The van der Waals surface area contributed by atoms with Crippen molar-refractivity contribution in [2.45, 2.75) is 19.4 Å². The van der Waals surface area contributed by atoms with Crippen LogP contribution in [0.2, 0.25) is 0 Å². The van der Waals surface area contributed by atoms with E-state index in [1.807, 2.05) is 0 Å². The first kappa shape index (κ1) is 15.0. The molecule has 0 bridgehead atoms. The highest BCUT2D eigenvalue weighted by molar-refractivity contribution is 5.80. The normalized spacial score (nSPS) is 11.7. The van der Waals surface area contributed by atoms with E-state index >= 15 is 0 Å². The number of nitrogens with two attached hydrogens (primary N) is 1. The number of ketones is 1. The molecule has 1 unspecified atom stereocenters. The number of benzene rings is 1. The smallest absolute Gasteiger partial charge is 0.341 e. The fourth-order valence-electron chi connectivity index (χ4n) is 1.44. The molecule has 0 aromatic heterocycles. The van der Waals surface area contributed by atoms with Gasteiger partial charge < -0.3 is 20.3 Å². The Morgan fingerprint density at radius 3 is 2.37 bits per heavy atom. The highest BCUT2D eigenvalue weighted by atomic mass is 16.5. The number of ether oxygens (including phenoxy) is 2. The topological polar surface area (TPSA) is 98.9 Å². The Morgan fingerprint density at radius 2 is 1.84 bits per heavy atom. The van der Waals surface area contributed by atoms with Crippen LogP contribution in [0.4, 0.5) is 0 Å². The molecule has 6 nitrogen and oxygen atoms in total. The fourth-order valence-corrected chi connectivity index (χ4v) is 1.44. The zero-order valence-corrected chi connectivity index (χ0v) is 10.7.